The second kappa shape index (κ2) is 12.7. The van der Waals surface area contributed by atoms with Crippen molar-refractivity contribution in [3.05, 3.63) is 108 Å². The summed E-state index contributed by atoms with van der Waals surface area (Å²) in [4.78, 5) is 17.0. The van der Waals surface area contributed by atoms with Crippen molar-refractivity contribution in [1.29, 1.82) is 0 Å². The molecule has 0 fully saturated rings. The number of hydrogen-bond donors (Lipinski definition) is 0. The van der Waals surface area contributed by atoms with Crippen molar-refractivity contribution in [2.45, 2.75) is 32.1 Å². The van der Waals surface area contributed by atoms with Crippen LogP contribution in [0.5, 0.6) is 5.88 Å². The van der Waals surface area contributed by atoms with Crippen molar-refractivity contribution in [3.8, 4) is 28.1 Å². The van der Waals surface area contributed by atoms with Gasteiger partial charge in [-0.15, -0.1) is 0 Å². The smallest absolute Gasteiger partial charge is 0.308 e. The number of nitrogens with zero attached hydrogens (tertiary/aromatic N) is 1. The summed E-state index contributed by atoms with van der Waals surface area (Å²) in [7, 11) is 3.13. The first-order valence-corrected chi connectivity index (χ1v) is 12.5. The van der Waals surface area contributed by atoms with Crippen molar-refractivity contribution in [2.24, 2.45) is 5.92 Å². The van der Waals surface area contributed by atoms with Gasteiger partial charge in [0.25, 0.3) is 0 Å². The summed E-state index contributed by atoms with van der Waals surface area (Å²) in [5, 5.41) is 0. The first-order chi connectivity index (χ1) is 17.7. The van der Waals surface area contributed by atoms with Crippen LogP contribution in [0.15, 0.2) is 97.2 Å². The standard InChI is InChI=1S/C32H33NO3/c1-35-31-29(17-10-22-33-31)30-23-25(19-21-28(30)26-14-7-4-8-15-26)18-20-27(32(34)36-2)16-9-13-24-11-5-3-6-12-24/h3-8,10-12,14-15,17,19,21-23,27H,9,13,16,18,20H2,1-2H3. The second-order valence-corrected chi connectivity index (χ2v) is 8.94. The maximum atomic E-state index is 12.5. The molecule has 0 aliphatic carbocycles. The summed E-state index contributed by atoms with van der Waals surface area (Å²) in [6.07, 6.45) is 6.00. The van der Waals surface area contributed by atoms with Gasteiger partial charge in [0.05, 0.1) is 20.1 Å². The third-order valence-corrected chi connectivity index (χ3v) is 6.60. The van der Waals surface area contributed by atoms with Gasteiger partial charge in [0.2, 0.25) is 5.88 Å². The number of aryl methyl sites for hydroxylation is 2. The van der Waals surface area contributed by atoms with Crippen LogP contribution < -0.4 is 4.74 Å². The lowest BCUT2D eigenvalue weighted by atomic mass is 9.89. The molecular weight excluding hydrogens is 446 g/mol. The molecule has 0 saturated heterocycles. The van der Waals surface area contributed by atoms with Crippen LogP contribution in [0.1, 0.15) is 30.4 Å². The van der Waals surface area contributed by atoms with Gasteiger partial charge in [0.15, 0.2) is 0 Å². The van der Waals surface area contributed by atoms with Gasteiger partial charge in [-0.25, -0.2) is 4.98 Å². The number of benzene rings is 3. The molecule has 1 atom stereocenters. The topological polar surface area (TPSA) is 48.4 Å². The molecule has 4 heteroatoms. The SMILES string of the molecule is COC(=O)C(CCCc1ccccc1)CCc1ccc(-c2ccccc2)c(-c2cccnc2OC)c1. The van der Waals surface area contributed by atoms with E-state index >= 15 is 0 Å². The Balaban J connectivity index is 1.55. The molecule has 4 rings (SSSR count). The number of aromatic nitrogens is 1. The van der Waals surface area contributed by atoms with Crippen LogP contribution in [0.25, 0.3) is 22.3 Å². The summed E-state index contributed by atoms with van der Waals surface area (Å²) in [6.45, 7) is 0. The van der Waals surface area contributed by atoms with E-state index < -0.39 is 0 Å². The Morgan fingerprint density at radius 2 is 1.50 bits per heavy atom. The van der Waals surface area contributed by atoms with E-state index in [-0.39, 0.29) is 11.9 Å². The Kier molecular flexibility index (Phi) is 8.87. The molecular formula is C32H33NO3. The average molecular weight is 480 g/mol. The zero-order valence-corrected chi connectivity index (χ0v) is 21.0. The lowest BCUT2D eigenvalue weighted by Gasteiger charge is -2.17. The van der Waals surface area contributed by atoms with Crippen LogP contribution in [-0.2, 0) is 22.4 Å². The minimum absolute atomic E-state index is 0.121. The molecule has 0 aliphatic rings. The van der Waals surface area contributed by atoms with Gasteiger partial charge in [0.1, 0.15) is 0 Å². The van der Waals surface area contributed by atoms with Crippen molar-refractivity contribution < 1.29 is 14.3 Å². The Labute approximate surface area is 213 Å². The van der Waals surface area contributed by atoms with E-state index in [9.17, 15) is 4.79 Å². The highest BCUT2D eigenvalue weighted by Gasteiger charge is 2.20. The lowest BCUT2D eigenvalue weighted by Crippen LogP contribution is -2.17. The highest BCUT2D eigenvalue weighted by molar-refractivity contribution is 5.85. The number of esters is 1. The molecule has 36 heavy (non-hydrogen) atoms. The zero-order valence-electron chi connectivity index (χ0n) is 21.0. The highest BCUT2D eigenvalue weighted by Crippen LogP contribution is 2.37. The quantitative estimate of drug-likeness (QED) is 0.214. The zero-order chi connectivity index (χ0) is 25.2. The molecule has 0 amide bonds. The van der Waals surface area contributed by atoms with E-state index in [0.29, 0.717) is 5.88 Å². The van der Waals surface area contributed by atoms with Gasteiger partial charge in [-0.2, -0.15) is 0 Å². The summed E-state index contributed by atoms with van der Waals surface area (Å²) >= 11 is 0. The van der Waals surface area contributed by atoms with E-state index in [0.717, 1.165) is 54.4 Å². The minimum atomic E-state index is -0.127. The lowest BCUT2D eigenvalue weighted by molar-refractivity contribution is -0.145. The number of methoxy groups -OCH3 is 2. The summed E-state index contributed by atoms with van der Waals surface area (Å²) in [6, 6.07) is 31.2. The molecule has 184 valence electrons. The monoisotopic (exact) mass is 479 g/mol. The predicted molar refractivity (Wildman–Crippen MR) is 145 cm³/mol. The first kappa shape index (κ1) is 25.2. The van der Waals surface area contributed by atoms with Crippen LogP contribution >= 0.6 is 0 Å². The summed E-state index contributed by atoms with van der Waals surface area (Å²) in [5.74, 6) is 0.349. The fourth-order valence-corrected chi connectivity index (χ4v) is 4.68. The molecule has 4 nitrogen and oxygen atoms in total. The molecule has 0 N–H and O–H groups in total. The first-order valence-electron chi connectivity index (χ1n) is 12.5. The van der Waals surface area contributed by atoms with Crippen LogP contribution in [0, 0.1) is 5.92 Å². The maximum Gasteiger partial charge on any atom is 0.308 e. The molecule has 0 bridgehead atoms. The number of ether oxygens (including phenoxy) is 2. The van der Waals surface area contributed by atoms with Crippen LogP contribution in [0.3, 0.4) is 0 Å². The fraction of sp³-hybridized carbons (Fsp3) is 0.250. The van der Waals surface area contributed by atoms with E-state index in [1.54, 1.807) is 13.3 Å². The maximum absolute atomic E-state index is 12.5. The van der Waals surface area contributed by atoms with Gasteiger partial charge < -0.3 is 9.47 Å². The molecule has 1 aromatic heterocycles. The Morgan fingerprint density at radius 1 is 0.750 bits per heavy atom. The van der Waals surface area contributed by atoms with Gasteiger partial charge in [0, 0.05) is 11.8 Å². The van der Waals surface area contributed by atoms with Crippen molar-refractivity contribution in [1.82, 2.24) is 4.98 Å². The molecule has 0 radical (unpaired) electrons. The predicted octanol–water partition coefficient (Wildman–Crippen LogP) is 7.17. The van der Waals surface area contributed by atoms with Gasteiger partial charge in [-0.1, -0.05) is 78.9 Å². The highest BCUT2D eigenvalue weighted by atomic mass is 16.5. The average Bonchev–Trinajstić information content (AvgIpc) is 2.95. The Hall–Kier alpha value is -3.92. The number of pyridine rings is 1. The van der Waals surface area contributed by atoms with Gasteiger partial charge in [-0.05, 0) is 72.1 Å². The van der Waals surface area contributed by atoms with Crippen LogP contribution in [-0.4, -0.2) is 25.2 Å². The third-order valence-electron chi connectivity index (χ3n) is 6.60. The Bertz CT molecular complexity index is 1250. The van der Waals surface area contributed by atoms with E-state index in [1.807, 2.05) is 36.4 Å². The minimum Gasteiger partial charge on any atom is -0.481 e. The van der Waals surface area contributed by atoms with E-state index in [2.05, 4.69) is 59.6 Å². The summed E-state index contributed by atoms with van der Waals surface area (Å²) < 4.78 is 10.7. The van der Waals surface area contributed by atoms with E-state index in [4.69, 9.17) is 9.47 Å². The third kappa shape index (κ3) is 6.39. The van der Waals surface area contributed by atoms with Crippen LogP contribution in [0.4, 0.5) is 0 Å². The number of carbonyl (C=O) groups is 1. The number of hydrogen-bond acceptors (Lipinski definition) is 4. The molecule has 0 spiro atoms. The summed E-state index contributed by atoms with van der Waals surface area (Å²) in [5.41, 5.74) is 6.76. The van der Waals surface area contributed by atoms with Crippen LogP contribution in [0.2, 0.25) is 0 Å². The largest absolute Gasteiger partial charge is 0.481 e. The van der Waals surface area contributed by atoms with Crippen molar-refractivity contribution in [3.63, 3.8) is 0 Å². The van der Waals surface area contributed by atoms with Gasteiger partial charge in [-0.3, -0.25) is 4.79 Å². The second-order valence-electron chi connectivity index (χ2n) is 8.94. The molecule has 0 saturated carbocycles. The normalized spacial score (nSPS) is 11.6. The molecule has 0 aliphatic heterocycles. The Morgan fingerprint density at radius 3 is 2.22 bits per heavy atom. The van der Waals surface area contributed by atoms with E-state index in [1.165, 1.54) is 18.2 Å². The van der Waals surface area contributed by atoms with Crippen molar-refractivity contribution >= 4 is 5.97 Å². The fourth-order valence-electron chi connectivity index (χ4n) is 4.68. The molecule has 1 heterocycles. The molecule has 3 aromatic carbocycles. The number of carbonyl (C=O) groups excluding carboxylic acids is 1. The number of rotatable bonds is 11. The van der Waals surface area contributed by atoms with Crippen molar-refractivity contribution in [2.75, 3.05) is 14.2 Å². The molecule has 1 unspecified atom stereocenters. The van der Waals surface area contributed by atoms with Gasteiger partial charge >= 0.3 is 5.97 Å². The molecule has 4 aromatic rings.